The molecule has 0 spiro atoms. The lowest BCUT2D eigenvalue weighted by Crippen LogP contribution is -2.61. The maximum atomic E-state index is 13.0. The van der Waals surface area contributed by atoms with E-state index in [1.54, 1.807) is 0 Å². The van der Waals surface area contributed by atoms with Crippen molar-refractivity contribution in [1.82, 2.24) is 10.2 Å². The van der Waals surface area contributed by atoms with E-state index in [4.69, 9.17) is 4.74 Å². The predicted octanol–water partition coefficient (Wildman–Crippen LogP) is 2.04. The summed E-state index contributed by atoms with van der Waals surface area (Å²) in [5, 5.41) is 3.49. The van der Waals surface area contributed by atoms with Gasteiger partial charge in [0.15, 0.2) is 0 Å². The number of nitrogens with one attached hydrogen (secondary N) is 1. The third kappa shape index (κ3) is 2.82. The van der Waals surface area contributed by atoms with Gasteiger partial charge in [-0.3, -0.25) is 9.69 Å². The molecule has 6 aliphatic rings. The Balaban J connectivity index is 1.25. The van der Waals surface area contributed by atoms with Crippen LogP contribution in [0.15, 0.2) is 0 Å². The van der Waals surface area contributed by atoms with Crippen molar-refractivity contribution in [2.75, 3.05) is 26.3 Å². The fourth-order valence-electron chi connectivity index (χ4n) is 6.15. The van der Waals surface area contributed by atoms with Gasteiger partial charge in [-0.1, -0.05) is 0 Å². The monoisotopic (exact) mass is 318 g/mol. The van der Waals surface area contributed by atoms with Gasteiger partial charge in [-0.05, 0) is 74.5 Å². The molecule has 0 unspecified atom stereocenters. The van der Waals surface area contributed by atoms with Crippen molar-refractivity contribution in [1.29, 1.82) is 0 Å². The highest BCUT2D eigenvalue weighted by Crippen LogP contribution is 2.53. The molecule has 1 saturated heterocycles. The Labute approximate surface area is 139 Å². The maximum absolute atomic E-state index is 13.0. The summed E-state index contributed by atoms with van der Waals surface area (Å²) < 4.78 is 5.64. The Kier molecular flexibility index (Phi) is 3.67. The van der Waals surface area contributed by atoms with Gasteiger partial charge in [0.1, 0.15) is 6.04 Å². The van der Waals surface area contributed by atoms with Crippen LogP contribution in [0, 0.1) is 29.6 Å². The zero-order valence-corrected chi connectivity index (χ0v) is 14.1. The Morgan fingerprint density at radius 1 is 1.04 bits per heavy atom. The Hall–Kier alpha value is -0.610. The van der Waals surface area contributed by atoms with Crippen LogP contribution in [-0.4, -0.2) is 49.2 Å². The summed E-state index contributed by atoms with van der Waals surface area (Å²) in [6.07, 6.45) is 9.63. The van der Waals surface area contributed by atoms with E-state index >= 15 is 0 Å². The lowest BCUT2D eigenvalue weighted by atomic mass is 9.54. The topological polar surface area (TPSA) is 41.6 Å². The smallest absolute Gasteiger partial charge is 0.239 e. The predicted molar refractivity (Wildman–Crippen MR) is 87.9 cm³/mol. The summed E-state index contributed by atoms with van der Waals surface area (Å²) in [6, 6.07) is 0.418. The number of morpholine rings is 1. The summed E-state index contributed by atoms with van der Waals surface area (Å²) in [4.78, 5) is 15.4. The van der Waals surface area contributed by atoms with E-state index in [2.05, 4.69) is 10.2 Å². The first-order valence-electron chi connectivity index (χ1n) is 9.88. The number of carbonyl (C=O) groups excluding carboxylic acids is 1. The third-order valence-electron chi connectivity index (χ3n) is 7.27. The molecule has 0 aromatic carbocycles. The molecule has 4 bridgehead atoms. The highest BCUT2D eigenvalue weighted by molar-refractivity contribution is 5.82. The zero-order chi connectivity index (χ0) is 15.4. The van der Waals surface area contributed by atoms with Gasteiger partial charge in [-0.15, -0.1) is 0 Å². The summed E-state index contributed by atoms with van der Waals surface area (Å²) >= 11 is 0. The van der Waals surface area contributed by atoms with Crippen LogP contribution in [0.5, 0.6) is 0 Å². The molecule has 4 nitrogen and oxygen atoms in total. The highest BCUT2D eigenvalue weighted by atomic mass is 16.5. The second-order valence-corrected chi connectivity index (χ2v) is 8.99. The van der Waals surface area contributed by atoms with E-state index in [1.165, 1.54) is 44.9 Å². The van der Waals surface area contributed by atoms with Crippen LogP contribution >= 0.6 is 0 Å². The van der Waals surface area contributed by atoms with E-state index in [0.717, 1.165) is 49.3 Å². The minimum absolute atomic E-state index is 0.0402. The number of hydrogen-bond donors (Lipinski definition) is 1. The highest BCUT2D eigenvalue weighted by Gasteiger charge is 2.49. The van der Waals surface area contributed by atoms with Crippen molar-refractivity contribution in [3.8, 4) is 0 Å². The molecule has 1 N–H and O–H groups in total. The molecule has 5 aliphatic carbocycles. The largest absolute Gasteiger partial charge is 0.378 e. The average Bonchev–Trinajstić information content (AvgIpc) is 3.34. The van der Waals surface area contributed by atoms with Crippen LogP contribution < -0.4 is 5.32 Å². The molecule has 128 valence electrons. The van der Waals surface area contributed by atoms with Crippen molar-refractivity contribution in [3.63, 3.8) is 0 Å². The van der Waals surface area contributed by atoms with Crippen molar-refractivity contribution < 1.29 is 9.53 Å². The summed E-state index contributed by atoms with van der Waals surface area (Å²) in [6.45, 7) is 3.40. The van der Waals surface area contributed by atoms with Crippen LogP contribution in [0.4, 0.5) is 0 Å². The quantitative estimate of drug-likeness (QED) is 0.862. The Morgan fingerprint density at radius 3 is 2.39 bits per heavy atom. The molecular formula is C19H30N2O2. The van der Waals surface area contributed by atoms with Crippen LogP contribution in [-0.2, 0) is 9.53 Å². The van der Waals surface area contributed by atoms with E-state index in [1.807, 2.05) is 0 Å². The third-order valence-corrected chi connectivity index (χ3v) is 7.27. The molecule has 4 heteroatoms. The SMILES string of the molecule is O=C(NC1C2CC3CC(C2)CC1C3)[C@H]1COCCN1CC1CC1. The molecule has 1 heterocycles. The first kappa shape index (κ1) is 14.7. The van der Waals surface area contributed by atoms with Gasteiger partial charge in [-0.2, -0.15) is 0 Å². The van der Waals surface area contributed by atoms with Gasteiger partial charge in [0.05, 0.1) is 13.2 Å². The lowest BCUT2D eigenvalue weighted by Gasteiger charge is -2.54. The van der Waals surface area contributed by atoms with Gasteiger partial charge in [0.2, 0.25) is 5.91 Å². The molecule has 5 saturated carbocycles. The molecule has 1 amide bonds. The molecule has 6 fully saturated rings. The van der Waals surface area contributed by atoms with Gasteiger partial charge in [-0.25, -0.2) is 0 Å². The van der Waals surface area contributed by atoms with Crippen LogP contribution in [0.25, 0.3) is 0 Å². The molecule has 0 aromatic heterocycles. The Morgan fingerprint density at radius 2 is 1.74 bits per heavy atom. The number of ether oxygens (including phenoxy) is 1. The fraction of sp³-hybridized carbons (Fsp3) is 0.947. The van der Waals surface area contributed by atoms with Crippen LogP contribution in [0.3, 0.4) is 0 Å². The van der Waals surface area contributed by atoms with Crippen molar-refractivity contribution in [3.05, 3.63) is 0 Å². The normalized spacial score (nSPS) is 46.1. The number of rotatable bonds is 4. The van der Waals surface area contributed by atoms with Crippen molar-refractivity contribution in [2.24, 2.45) is 29.6 Å². The van der Waals surface area contributed by atoms with Crippen LogP contribution in [0.1, 0.15) is 44.9 Å². The fourth-order valence-corrected chi connectivity index (χ4v) is 6.15. The summed E-state index contributed by atoms with van der Waals surface area (Å²) in [5.74, 6) is 4.55. The molecule has 1 atom stereocenters. The Bertz CT molecular complexity index is 448. The molecule has 6 rings (SSSR count). The second kappa shape index (κ2) is 5.73. The lowest BCUT2D eigenvalue weighted by molar-refractivity contribution is -0.136. The first-order chi connectivity index (χ1) is 11.3. The van der Waals surface area contributed by atoms with Gasteiger partial charge < -0.3 is 10.1 Å². The average molecular weight is 318 g/mol. The van der Waals surface area contributed by atoms with E-state index in [9.17, 15) is 4.79 Å². The standard InChI is InChI=1S/C19H30N2O2/c22-19(17-11-23-4-3-21(17)10-12-1-2-12)20-18-15-6-13-5-14(8-15)9-16(18)7-13/h12-18H,1-11H2,(H,20,22)/t13?,14?,15?,16?,17-,18?/m1/s1. The molecule has 1 aliphatic heterocycles. The number of carbonyl (C=O) groups is 1. The van der Waals surface area contributed by atoms with E-state index in [0.29, 0.717) is 12.6 Å². The number of nitrogens with zero attached hydrogens (tertiary/aromatic N) is 1. The maximum Gasteiger partial charge on any atom is 0.239 e. The molecular weight excluding hydrogens is 288 g/mol. The molecule has 23 heavy (non-hydrogen) atoms. The minimum Gasteiger partial charge on any atom is -0.378 e. The molecule has 0 radical (unpaired) electrons. The zero-order valence-electron chi connectivity index (χ0n) is 14.1. The minimum atomic E-state index is -0.0402. The van der Waals surface area contributed by atoms with Crippen LogP contribution in [0.2, 0.25) is 0 Å². The van der Waals surface area contributed by atoms with Crippen molar-refractivity contribution in [2.45, 2.75) is 57.0 Å². The summed E-state index contributed by atoms with van der Waals surface area (Å²) in [7, 11) is 0. The number of amides is 1. The van der Waals surface area contributed by atoms with Gasteiger partial charge in [0, 0.05) is 19.1 Å². The van der Waals surface area contributed by atoms with Gasteiger partial charge in [0.25, 0.3) is 0 Å². The first-order valence-corrected chi connectivity index (χ1v) is 9.88. The summed E-state index contributed by atoms with van der Waals surface area (Å²) in [5.41, 5.74) is 0. The van der Waals surface area contributed by atoms with E-state index < -0.39 is 0 Å². The molecule has 0 aromatic rings. The second-order valence-electron chi connectivity index (χ2n) is 8.99. The van der Waals surface area contributed by atoms with Gasteiger partial charge >= 0.3 is 0 Å². The van der Waals surface area contributed by atoms with E-state index in [-0.39, 0.29) is 11.9 Å². The number of hydrogen-bond acceptors (Lipinski definition) is 3. The van der Waals surface area contributed by atoms with Crippen molar-refractivity contribution >= 4 is 5.91 Å².